The van der Waals surface area contributed by atoms with Crippen LogP contribution >= 0.6 is 0 Å². The lowest BCUT2D eigenvalue weighted by Crippen LogP contribution is -2.46. The lowest BCUT2D eigenvalue weighted by Gasteiger charge is -2.40. The number of amidine groups is 2. The van der Waals surface area contributed by atoms with E-state index in [-0.39, 0.29) is 6.04 Å². The van der Waals surface area contributed by atoms with Gasteiger partial charge in [0.25, 0.3) is 0 Å². The fourth-order valence-electron chi connectivity index (χ4n) is 5.90. The van der Waals surface area contributed by atoms with Crippen LogP contribution in [0.3, 0.4) is 0 Å². The number of methoxy groups -OCH3 is 3. The van der Waals surface area contributed by atoms with Gasteiger partial charge in [-0.2, -0.15) is 5.10 Å². The Morgan fingerprint density at radius 2 is 1.43 bits per heavy atom. The highest BCUT2D eigenvalue weighted by atomic mass is 16.5. The first-order chi connectivity index (χ1) is 21.5. The monoisotopic (exact) mass is 584 g/mol. The Morgan fingerprint density at radius 1 is 0.750 bits per heavy atom. The van der Waals surface area contributed by atoms with Gasteiger partial charge in [-0.25, -0.2) is 14.7 Å². The third-order valence-electron chi connectivity index (χ3n) is 7.96. The van der Waals surface area contributed by atoms with Gasteiger partial charge in [0.15, 0.2) is 29.0 Å². The standard InChI is InChI=1S/C35H32N6O3/c1-21-15-17-24(18-16-21)36-33-35-38-34-30(22(2)39-41(34)25-11-7-6-8-12-25)31(40(35)27-14-10-9-13-26(27)37-33)23-19-28(42-3)32(44-5)29(20-23)43-4/h6-20,31H,1-5H3,(H,36,37)/t31-/m1/s1. The summed E-state index contributed by atoms with van der Waals surface area (Å²) < 4.78 is 19.2. The van der Waals surface area contributed by atoms with E-state index in [9.17, 15) is 0 Å². The average molecular weight is 585 g/mol. The number of nitrogens with zero attached hydrogens (tertiary/aromatic N) is 5. The molecule has 0 saturated carbocycles. The van der Waals surface area contributed by atoms with Gasteiger partial charge in [-0.15, -0.1) is 0 Å². The van der Waals surface area contributed by atoms with E-state index in [1.54, 1.807) is 21.3 Å². The number of hydrogen-bond donors (Lipinski definition) is 1. The first-order valence-corrected chi connectivity index (χ1v) is 14.3. The quantitative estimate of drug-likeness (QED) is 0.225. The SMILES string of the molecule is COc1cc([C@@H]2c3c(C)nn(-c4ccccc4)c3N=C3C(Nc4ccc(C)cc4)=Nc4ccccc4N32)cc(OC)c1OC. The molecule has 1 N–H and O–H groups in total. The van der Waals surface area contributed by atoms with Gasteiger partial charge in [-0.1, -0.05) is 48.0 Å². The van der Waals surface area contributed by atoms with E-state index in [1.165, 1.54) is 5.56 Å². The molecule has 3 heterocycles. The van der Waals surface area contributed by atoms with Gasteiger partial charge < -0.3 is 24.4 Å². The van der Waals surface area contributed by atoms with Crippen molar-refractivity contribution in [3.05, 3.63) is 113 Å². The van der Waals surface area contributed by atoms with Crippen molar-refractivity contribution < 1.29 is 14.2 Å². The van der Waals surface area contributed by atoms with Gasteiger partial charge >= 0.3 is 0 Å². The molecule has 0 amide bonds. The van der Waals surface area contributed by atoms with E-state index in [0.29, 0.717) is 28.9 Å². The van der Waals surface area contributed by atoms with E-state index >= 15 is 0 Å². The van der Waals surface area contributed by atoms with E-state index in [2.05, 4.69) is 35.3 Å². The second-order valence-electron chi connectivity index (χ2n) is 10.7. The molecule has 1 aromatic heterocycles. The smallest absolute Gasteiger partial charge is 0.203 e. The Labute approximate surface area is 256 Å². The molecule has 44 heavy (non-hydrogen) atoms. The van der Waals surface area contributed by atoms with Crippen LogP contribution in [0.15, 0.2) is 101 Å². The van der Waals surface area contributed by atoms with Crippen LogP contribution in [0.2, 0.25) is 0 Å². The summed E-state index contributed by atoms with van der Waals surface area (Å²) in [5.74, 6) is 3.70. The zero-order valence-corrected chi connectivity index (χ0v) is 25.2. The summed E-state index contributed by atoms with van der Waals surface area (Å²) in [6, 6.07) is 30.1. The van der Waals surface area contributed by atoms with Gasteiger partial charge in [0.05, 0.1) is 50.1 Å². The number of para-hydroxylation sites is 3. The Kier molecular flexibility index (Phi) is 6.77. The molecule has 9 heteroatoms. The third kappa shape index (κ3) is 4.44. The maximum Gasteiger partial charge on any atom is 0.203 e. The van der Waals surface area contributed by atoms with Gasteiger partial charge in [-0.3, -0.25) is 0 Å². The highest BCUT2D eigenvalue weighted by Crippen LogP contribution is 2.50. The maximum absolute atomic E-state index is 5.81. The number of aryl methyl sites for hydroxylation is 2. The summed E-state index contributed by atoms with van der Waals surface area (Å²) in [7, 11) is 4.87. The molecular formula is C35H32N6O3. The lowest BCUT2D eigenvalue weighted by atomic mass is 9.92. The molecule has 0 bridgehead atoms. The van der Waals surface area contributed by atoms with Crippen molar-refractivity contribution in [1.29, 1.82) is 0 Å². The molecule has 7 rings (SSSR count). The second kappa shape index (κ2) is 10.9. The Morgan fingerprint density at radius 3 is 2.11 bits per heavy atom. The molecule has 0 unspecified atom stereocenters. The van der Waals surface area contributed by atoms with E-state index in [1.807, 2.05) is 84.4 Å². The topological polar surface area (TPSA) is 85.5 Å². The number of benzene rings is 4. The van der Waals surface area contributed by atoms with Gasteiger partial charge in [0, 0.05) is 11.3 Å². The van der Waals surface area contributed by atoms with Crippen LogP contribution in [0, 0.1) is 13.8 Å². The van der Waals surface area contributed by atoms with Crippen LogP contribution < -0.4 is 24.4 Å². The molecule has 0 aliphatic carbocycles. The number of rotatable bonds is 6. The number of fused-ring (bicyclic) bond motifs is 4. The molecule has 5 aromatic rings. The van der Waals surface area contributed by atoms with Crippen molar-refractivity contribution in [2.45, 2.75) is 19.9 Å². The third-order valence-corrected chi connectivity index (χ3v) is 7.96. The summed E-state index contributed by atoms with van der Waals surface area (Å²) >= 11 is 0. The summed E-state index contributed by atoms with van der Waals surface area (Å²) in [5, 5.41) is 8.58. The Balaban J connectivity index is 1.52. The van der Waals surface area contributed by atoms with Gasteiger partial charge in [-0.05, 0) is 67.9 Å². The molecule has 4 aromatic carbocycles. The minimum Gasteiger partial charge on any atom is -0.493 e. The first-order valence-electron chi connectivity index (χ1n) is 14.3. The number of aliphatic imine (C=N–C) groups is 2. The Hall–Kier alpha value is -5.57. The van der Waals surface area contributed by atoms with Crippen LogP contribution in [0.4, 0.5) is 22.9 Å². The summed E-state index contributed by atoms with van der Waals surface area (Å²) in [4.78, 5) is 12.6. The van der Waals surface area contributed by atoms with E-state index < -0.39 is 0 Å². The molecule has 0 fully saturated rings. The molecular weight excluding hydrogens is 552 g/mol. The van der Waals surface area contributed by atoms with Gasteiger partial charge in [0.1, 0.15) is 0 Å². The molecule has 2 aliphatic heterocycles. The Bertz CT molecular complexity index is 1900. The lowest BCUT2D eigenvalue weighted by molar-refractivity contribution is 0.323. The van der Waals surface area contributed by atoms with Crippen LogP contribution in [0.5, 0.6) is 17.2 Å². The summed E-state index contributed by atoms with van der Waals surface area (Å²) in [5.41, 5.74) is 7.52. The number of hydrogen-bond acceptors (Lipinski definition) is 8. The van der Waals surface area contributed by atoms with Crippen molar-refractivity contribution in [3.8, 4) is 22.9 Å². The molecule has 0 spiro atoms. The minimum atomic E-state index is -0.352. The van der Waals surface area contributed by atoms with Crippen LogP contribution in [-0.4, -0.2) is 42.8 Å². The molecule has 0 saturated heterocycles. The minimum absolute atomic E-state index is 0.352. The number of ether oxygens (including phenoxy) is 3. The number of anilines is 2. The largest absolute Gasteiger partial charge is 0.493 e. The molecule has 0 radical (unpaired) electrons. The predicted octanol–water partition coefficient (Wildman–Crippen LogP) is 7.31. The zero-order valence-electron chi connectivity index (χ0n) is 25.2. The van der Waals surface area contributed by atoms with Crippen molar-refractivity contribution in [2.75, 3.05) is 31.5 Å². The van der Waals surface area contributed by atoms with Crippen molar-refractivity contribution in [2.24, 2.45) is 9.98 Å². The zero-order chi connectivity index (χ0) is 30.4. The van der Waals surface area contributed by atoms with E-state index in [4.69, 9.17) is 29.3 Å². The fourth-order valence-corrected chi connectivity index (χ4v) is 5.90. The van der Waals surface area contributed by atoms with Crippen molar-refractivity contribution in [3.63, 3.8) is 0 Å². The van der Waals surface area contributed by atoms with Crippen LogP contribution in [0.1, 0.15) is 28.4 Å². The van der Waals surface area contributed by atoms with Crippen LogP contribution in [-0.2, 0) is 0 Å². The normalized spacial score (nSPS) is 14.9. The molecule has 2 aliphatic rings. The van der Waals surface area contributed by atoms with Crippen molar-refractivity contribution in [1.82, 2.24) is 9.78 Å². The highest BCUT2D eigenvalue weighted by Gasteiger charge is 2.42. The summed E-state index contributed by atoms with van der Waals surface area (Å²) in [6.45, 7) is 4.10. The first kappa shape index (κ1) is 27.3. The number of nitrogens with one attached hydrogen (secondary N) is 1. The van der Waals surface area contributed by atoms with E-state index in [0.717, 1.165) is 45.4 Å². The fraction of sp³-hybridized carbons (Fsp3) is 0.171. The number of aromatic nitrogens is 2. The molecule has 9 nitrogen and oxygen atoms in total. The van der Waals surface area contributed by atoms with Crippen molar-refractivity contribution >= 4 is 34.6 Å². The highest BCUT2D eigenvalue weighted by molar-refractivity contribution is 6.51. The average Bonchev–Trinajstić information content (AvgIpc) is 3.40. The van der Waals surface area contributed by atoms with Crippen LogP contribution in [0.25, 0.3) is 5.69 Å². The predicted molar refractivity (Wildman–Crippen MR) is 174 cm³/mol. The maximum atomic E-state index is 5.81. The second-order valence-corrected chi connectivity index (χ2v) is 10.7. The molecule has 220 valence electrons. The molecule has 1 atom stereocenters. The summed E-state index contributed by atoms with van der Waals surface area (Å²) in [6.07, 6.45) is 0. The van der Waals surface area contributed by atoms with Gasteiger partial charge in [0.2, 0.25) is 5.75 Å².